The molecule has 2 saturated carbocycles. The van der Waals surface area contributed by atoms with E-state index in [1.165, 1.54) is 11.0 Å². The number of nitrogens with zero attached hydrogens (tertiary/aromatic N) is 2. The number of alkyl carbamates (subject to hydrolysis) is 1. The van der Waals surface area contributed by atoms with Crippen molar-refractivity contribution in [1.82, 2.24) is 25.2 Å². The molecule has 5 amide bonds. The van der Waals surface area contributed by atoms with Crippen LogP contribution in [0.4, 0.5) is 22.8 Å². The summed E-state index contributed by atoms with van der Waals surface area (Å²) in [6, 6.07) is 1.80. The van der Waals surface area contributed by atoms with E-state index >= 15 is 0 Å². The highest BCUT2D eigenvalue weighted by atomic mass is 32.2. The minimum Gasteiger partial charge on any atom is -0.449 e. The summed E-state index contributed by atoms with van der Waals surface area (Å²) in [4.78, 5) is 69.9. The number of nitrogens with one attached hydrogen (secondary N) is 3. The number of hydrogen-bond acceptors (Lipinski definition) is 9. The second-order valence-corrected chi connectivity index (χ2v) is 17.1. The number of benzene rings is 1. The third-order valence-corrected chi connectivity index (χ3v) is 12.0. The third kappa shape index (κ3) is 8.47. The van der Waals surface area contributed by atoms with Crippen molar-refractivity contribution in [3.8, 4) is 0 Å². The van der Waals surface area contributed by atoms with Crippen molar-refractivity contribution < 1.29 is 55.0 Å². The summed E-state index contributed by atoms with van der Waals surface area (Å²) in [5, 5.41) is 3.79. The molecule has 5 aliphatic rings. The number of alkyl halides is 3. The van der Waals surface area contributed by atoms with Crippen molar-refractivity contribution in [2.24, 2.45) is 11.3 Å². The quantitative estimate of drug-likeness (QED) is 0.351. The van der Waals surface area contributed by atoms with Crippen molar-refractivity contribution in [2.45, 2.75) is 101 Å². The van der Waals surface area contributed by atoms with Crippen LogP contribution in [-0.4, -0.2) is 96.4 Å². The molecule has 1 saturated heterocycles. The van der Waals surface area contributed by atoms with Crippen LogP contribution >= 0.6 is 0 Å². The molecule has 14 nitrogen and oxygen atoms in total. The van der Waals surface area contributed by atoms with E-state index in [0.29, 0.717) is 19.3 Å². The Morgan fingerprint density at radius 3 is 2.55 bits per heavy atom. The van der Waals surface area contributed by atoms with Gasteiger partial charge >= 0.3 is 18.4 Å². The van der Waals surface area contributed by atoms with Gasteiger partial charge in [0.1, 0.15) is 23.7 Å². The Labute approximate surface area is 304 Å². The molecule has 1 aromatic carbocycles. The highest BCUT2D eigenvalue weighted by molar-refractivity contribution is 7.91. The van der Waals surface area contributed by atoms with E-state index in [9.17, 15) is 45.6 Å². The maximum absolute atomic E-state index is 14.0. The van der Waals surface area contributed by atoms with Crippen LogP contribution in [0.3, 0.4) is 0 Å². The molecule has 0 unspecified atom stereocenters. The Kier molecular flexibility index (Phi) is 10.1. The summed E-state index contributed by atoms with van der Waals surface area (Å²) in [5.74, 6) is -4.01. The average Bonchev–Trinajstić information content (AvgIpc) is 3.96. The van der Waals surface area contributed by atoms with Crippen LogP contribution in [0.2, 0.25) is 0 Å². The van der Waals surface area contributed by atoms with E-state index in [2.05, 4.69) is 11.9 Å². The Hall–Kier alpha value is -4.61. The highest BCUT2D eigenvalue weighted by Gasteiger charge is 2.62. The van der Waals surface area contributed by atoms with Crippen molar-refractivity contribution in [3.05, 3.63) is 53.6 Å². The molecule has 3 fully saturated rings. The maximum atomic E-state index is 14.0. The van der Waals surface area contributed by atoms with Gasteiger partial charge in [-0.25, -0.2) is 18.0 Å². The van der Waals surface area contributed by atoms with Crippen molar-refractivity contribution in [3.63, 3.8) is 0 Å². The summed E-state index contributed by atoms with van der Waals surface area (Å²) in [7, 11) is -4.02. The lowest BCUT2D eigenvalue weighted by molar-refractivity contribution is -0.156. The number of fused-ring (bicyclic) bond motifs is 3. The van der Waals surface area contributed by atoms with E-state index in [1.807, 2.05) is 40.4 Å². The summed E-state index contributed by atoms with van der Waals surface area (Å²) in [6.45, 7) is 6.90. The fourth-order valence-corrected chi connectivity index (χ4v) is 8.35. The van der Waals surface area contributed by atoms with Crippen molar-refractivity contribution >= 4 is 46.0 Å². The summed E-state index contributed by atoms with van der Waals surface area (Å²) in [6.07, 6.45) is -4.14. The molecule has 18 heteroatoms. The first-order chi connectivity index (χ1) is 24.8. The Morgan fingerprint density at radius 1 is 1.15 bits per heavy atom. The number of carbonyl (C=O) groups is 5. The normalized spacial score (nSPS) is 29.4. The molecule has 53 heavy (non-hydrogen) atoms. The predicted molar refractivity (Wildman–Crippen MR) is 182 cm³/mol. The van der Waals surface area contributed by atoms with Gasteiger partial charge in [0.25, 0.3) is 5.91 Å². The molecule has 6 rings (SSSR count). The summed E-state index contributed by atoms with van der Waals surface area (Å²) in [5.41, 5.74) is 0.197. The maximum Gasteiger partial charge on any atom is 0.410 e. The molecule has 0 spiro atoms. The van der Waals surface area contributed by atoms with E-state index in [1.54, 1.807) is 13.8 Å². The van der Waals surface area contributed by atoms with Gasteiger partial charge in [-0.15, -0.1) is 6.58 Å². The number of sulfonamides is 1. The Morgan fingerprint density at radius 2 is 1.89 bits per heavy atom. The second kappa shape index (κ2) is 14.0. The molecular weight excluding hydrogens is 723 g/mol. The van der Waals surface area contributed by atoms with Gasteiger partial charge in [-0.05, 0) is 42.4 Å². The molecule has 0 aromatic heterocycles. The lowest BCUT2D eigenvalue weighted by Gasteiger charge is -2.30. The van der Waals surface area contributed by atoms with Gasteiger partial charge in [-0.1, -0.05) is 50.3 Å². The number of cyclic esters (lactones) is 1. The van der Waals surface area contributed by atoms with Gasteiger partial charge in [0.05, 0.1) is 31.4 Å². The molecule has 4 bridgehead atoms. The van der Waals surface area contributed by atoms with Gasteiger partial charge in [0, 0.05) is 24.3 Å². The number of amides is 5. The van der Waals surface area contributed by atoms with Crippen molar-refractivity contribution in [1.29, 1.82) is 0 Å². The van der Waals surface area contributed by atoms with Crippen LogP contribution < -0.4 is 15.4 Å². The van der Waals surface area contributed by atoms with Gasteiger partial charge in [0.2, 0.25) is 21.8 Å². The van der Waals surface area contributed by atoms with Crippen LogP contribution in [0.25, 0.3) is 6.08 Å². The van der Waals surface area contributed by atoms with Crippen LogP contribution in [0.5, 0.6) is 0 Å². The number of hydrogen-bond donors (Lipinski definition) is 3. The zero-order valence-corrected chi connectivity index (χ0v) is 30.1. The molecule has 3 heterocycles. The standard InChI is InChI=1S/C35H42F3N5O9S/c1-4-22-14-34(22,30(46)41-53(49,50)24-10-11-24)40-28(44)27-13-23-17-43(27)29(45)26(15-35(36,37)38)39-31(47)51-19-33(2,3)12-6-9-20-7-5-8-21-16-42(18-25(20)21)32(48)52-23/h4-9,22-24,26-27H,1,10-19H2,2-3H3,(H,39,47)(H,40,44)(H,41,46)/b9-6+/t22-,23-,26+,27+,34+/m1/s1. The number of carbonyl (C=O) groups excluding carboxylic acids is 5. The Bertz CT molecular complexity index is 1850. The molecule has 3 N–H and O–H groups in total. The van der Waals surface area contributed by atoms with Crippen LogP contribution in [-0.2, 0) is 47.0 Å². The lowest BCUT2D eigenvalue weighted by atomic mass is 9.90. The zero-order valence-electron chi connectivity index (χ0n) is 29.2. The molecule has 2 aliphatic carbocycles. The summed E-state index contributed by atoms with van der Waals surface area (Å²) >= 11 is 0. The monoisotopic (exact) mass is 765 g/mol. The highest BCUT2D eigenvalue weighted by Crippen LogP contribution is 2.45. The number of rotatable bonds is 7. The fourth-order valence-electron chi connectivity index (χ4n) is 6.98. The number of allylic oxidation sites excluding steroid dienone is 1. The minimum absolute atomic E-state index is 0.0273. The van der Waals surface area contributed by atoms with Gasteiger partial charge in [-0.2, -0.15) is 13.2 Å². The minimum atomic E-state index is -4.94. The molecule has 0 radical (unpaired) electrons. The third-order valence-electron chi connectivity index (χ3n) is 10.2. The first-order valence-corrected chi connectivity index (χ1v) is 18.9. The number of ether oxygens (including phenoxy) is 2. The van der Waals surface area contributed by atoms with E-state index in [0.717, 1.165) is 21.6 Å². The molecule has 5 atom stereocenters. The first-order valence-electron chi connectivity index (χ1n) is 17.3. The van der Waals surface area contributed by atoms with E-state index in [-0.39, 0.29) is 32.5 Å². The molecule has 288 valence electrons. The predicted octanol–water partition coefficient (Wildman–Crippen LogP) is 3.27. The van der Waals surface area contributed by atoms with Crippen molar-refractivity contribution in [2.75, 3.05) is 13.2 Å². The first kappa shape index (κ1) is 38.1. The largest absolute Gasteiger partial charge is 0.449 e. The van der Waals surface area contributed by atoms with Gasteiger partial charge < -0.3 is 25.0 Å². The average molecular weight is 766 g/mol. The van der Waals surface area contributed by atoms with Gasteiger partial charge in [-0.3, -0.25) is 24.0 Å². The van der Waals surface area contributed by atoms with E-state index < -0.39 is 99.4 Å². The SMILES string of the molecule is C=C[C@@H]1C[C@@]1(NC(=O)[C@@H]1C[C@@H]2CN1C(=O)[C@H](CC(F)(F)F)NC(=O)OCC(C)(C)C/C=C/c1cccc3c1CN(C3)C(=O)O2)C(=O)NS(=O)(=O)C1CC1. The second-order valence-electron chi connectivity index (χ2n) is 15.1. The molecular formula is C35H42F3N5O9S. The number of halogens is 3. The summed E-state index contributed by atoms with van der Waals surface area (Å²) < 4.78 is 79.8. The zero-order chi connectivity index (χ0) is 38.5. The van der Waals surface area contributed by atoms with Crippen LogP contribution in [0.1, 0.15) is 69.1 Å². The van der Waals surface area contributed by atoms with Gasteiger partial charge in [0.15, 0.2) is 0 Å². The van der Waals surface area contributed by atoms with E-state index in [4.69, 9.17) is 9.47 Å². The fraction of sp³-hybridized carbons (Fsp3) is 0.571. The Balaban J connectivity index is 1.30. The smallest absolute Gasteiger partial charge is 0.410 e. The van der Waals surface area contributed by atoms with Crippen LogP contribution in [0, 0.1) is 11.3 Å². The molecule has 1 aromatic rings. The van der Waals surface area contributed by atoms with Crippen LogP contribution in [0.15, 0.2) is 36.9 Å². The lowest BCUT2D eigenvalue weighted by Crippen LogP contribution is -2.58. The topological polar surface area (TPSA) is 181 Å². The molecule has 3 aliphatic heterocycles.